The zero-order chi connectivity index (χ0) is 22.1. The Labute approximate surface area is 177 Å². The first-order valence-electron chi connectivity index (χ1n) is 9.64. The first-order chi connectivity index (χ1) is 14.9. The van der Waals surface area contributed by atoms with Crippen molar-refractivity contribution in [3.05, 3.63) is 94.5 Å². The molecule has 1 aliphatic heterocycles. The van der Waals surface area contributed by atoms with Crippen LogP contribution in [0.1, 0.15) is 53.9 Å². The number of aryl methyl sites for hydroxylation is 1. The monoisotopic (exact) mass is 413 g/mol. The number of nitrogens with one attached hydrogen (secondary N) is 1. The summed E-state index contributed by atoms with van der Waals surface area (Å²) in [5.74, 6) is -2.92. The lowest BCUT2D eigenvalue weighted by Gasteiger charge is -2.14. The second kappa shape index (κ2) is 7.87. The maximum absolute atomic E-state index is 12.7. The molecule has 1 aliphatic rings. The van der Waals surface area contributed by atoms with Crippen LogP contribution in [-0.2, 0) is 6.42 Å². The molecule has 0 spiro atoms. The van der Waals surface area contributed by atoms with Crippen LogP contribution >= 0.6 is 0 Å². The van der Waals surface area contributed by atoms with Crippen LogP contribution in [0.5, 0.6) is 0 Å². The van der Waals surface area contributed by atoms with Crippen LogP contribution in [0.4, 0.5) is 11.4 Å². The number of rotatable bonds is 5. The van der Waals surface area contributed by atoms with Crippen molar-refractivity contribution in [2.24, 2.45) is 0 Å². The predicted octanol–water partition coefficient (Wildman–Crippen LogP) is 2.67. The predicted molar refractivity (Wildman–Crippen MR) is 112 cm³/mol. The normalized spacial score (nSPS) is 12.6. The van der Waals surface area contributed by atoms with Crippen LogP contribution in [0, 0.1) is 0 Å². The Hall–Kier alpha value is -4.26. The molecule has 0 unspecified atom stereocenters. The molecule has 0 aromatic heterocycles. The standard InChI is InChI=1S/C24H18N2O5/c1-2-14-5-3-4-6-20(14)25-21(27)15-7-10-17(11-8-15)26-22(28)18-12-9-16(24(30)31)13-19(18)23(26)29/h3-13H,2H2,1H3,(H,25,27)(H,30,31)/p-1. The molecule has 0 atom stereocenters. The number of imide groups is 1. The summed E-state index contributed by atoms with van der Waals surface area (Å²) >= 11 is 0. The van der Waals surface area contributed by atoms with Crippen LogP contribution in [-0.4, -0.2) is 23.7 Å². The summed E-state index contributed by atoms with van der Waals surface area (Å²) in [6.45, 7) is 2.00. The minimum atomic E-state index is -1.43. The number of carboxylic acid groups (broad SMARTS) is 1. The van der Waals surface area contributed by atoms with E-state index in [0.717, 1.165) is 28.6 Å². The van der Waals surface area contributed by atoms with E-state index in [-0.39, 0.29) is 28.3 Å². The minimum absolute atomic E-state index is 0.00434. The molecule has 0 saturated heterocycles. The van der Waals surface area contributed by atoms with E-state index in [1.807, 2.05) is 31.2 Å². The number of carboxylic acids is 1. The molecule has 3 amide bonds. The lowest BCUT2D eigenvalue weighted by molar-refractivity contribution is -0.255. The smallest absolute Gasteiger partial charge is 0.266 e. The first-order valence-corrected chi connectivity index (χ1v) is 9.64. The Morgan fingerprint density at radius 2 is 1.52 bits per heavy atom. The van der Waals surface area contributed by atoms with E-state index in [0.29, 0.717) is 5.56 Å². The van der Waals surface area contributed by atoms with Crippen molar-refractivity contribution in [2.75, 3.05) is 10.2 Å². The van der Waals surface area contributed by atoms with Gasteiger partial charge in [0.05, 0.1) is 22.8 Å². The van der Waals surface area contributed by atoms with E-state index >= 15 is 0 Å². The third kappa shape index (κ3) is 3.57. The molecule has 3 aromatic rings. The molecule has 0 fully saturated rings. The van der Waals surface area contributed by atoms with Gasteiger partial charge in [-0.15, -0.1) is 0 Å². The van der Waals surface area contributed by atoms with Gasteiger partial charge < -0.3 is 15.2 Å². The number of hydrogen-bond acceptors (Lipinski definition) is 5. The molecule has 7 heteroatoms. The van der Waals surface area contributed by atoms with E-state index in [1.165, 1.54) is 36.4 Å². The number of aromatic carboxylic acids is 1. The van der Waals surface area contributed by atoms with E-state index in [4.69, 9.17) is 0 Å². The number of fused-ring (bicyclic) bond motifs is 1. The summed E-state index contributed by atoms with van der Waals surface area (Å²) < 4.78 is 0. The molecule has 7 nitrogen and oxygen atoms in total. The van der Waals surface area contributed by atoms with E-state index in [2.05, 4.69) is 5.32 Å². The van der Waals surface area contributed by atoms with Gasteiger partial charge in [-0.3, -0.25) is 14.4 Å². The molecule has 154 valence electrons. The number of anilines is 2. The van der Waals surface area contributed by atoms with Gasteiger partial charge in [-0.1, -0.05) is 31.2 Å². The van der Waals surface area contributed by atoms with Gasteiger partial charge in [0.15, 0.2) is 0 Å². The summed E-state index contributed by atoms with van der Waals surface area (Å²) in [4.78, 5) is 50.0. The number of carbonyl (C=O) groups is 4. The lowest BCUT2D eigenvalue weighted by Crippen LogP contribution is -2.29. The zero-order valence-electron chi connectivity index (χ0n) is 16.5. The van der Waals surface area contributed by atoms with E-state index in [1.54, 1.807) is 0 Å². The Kier molecular flexibility index (Phi) is 5.09. The summed E-state index contributed by atoms with van der Waals surface area (Å²) in [7, 11) is 0. The molecule has 1 N–H and O–H groups in total. The summed E-state index contributed by atoms with van der Waals surface area (Å²) in [6, 6.07) is 17.2. The van der Waals surface area contributed by atoms with Gasteiger partial charge in [0.25, 0.3) is 17.7 Å². The molecule has 0 aliphatic carbocycles. The van der Waals surface area contributed by atoms with Gasteiger partial charge in [0.2, 0.25) is 0 Å². The molecule has 31 heavy (non-hydrogen) atoms. The minimum Gasteiger partial charge on any atom is -0.545 e. The first kappa shape index (κ1) is 20.0. The molecule has 3 aromatic carbocycles. The van der Waals surface area contributed by atoms with Gasteiger partial charge in [0, 0.05) is 11.3 Å². The SMILES string of the molecule is CCc1ccccc1NC(=O)c1ccc(N2C(=O)c3ccc(C(=O)[O-])cc3C2=O)cc1. The fraction of sp³-hybridized carbons (Fsp3) is 0.0833. The Morgan fingerprint density at radius 3 is 2.19 bits per heavy atom. The quantitative estimate of drug-likeness (QED) is 0.647. The molecule has 4 rings (SSSR count). The van der Waals surface area contributed by atoms with Gasteiger partial charge in [-0.2, -0.15) is 0 Å². The fourth-order valence-corrected chi connectivity index (χ4v) is 3.51. The molecular weight excluding hydrogens is 396 g/mol. The third-order valence-electron chi connectivity index (χ3n) is 5.16. The van der Waals surface area contributed by atoms with Gasteiger partial charge >= 0.3 is 0 Å². The summed E-state index contributed by atoms with van der Waals surface area (Å²) in [6.07, 6.45) is 0.773. The molecular formula is C24H17N2O5-. The largest absolute Gasteiger partial charge is 0.545 e. The third-order valence-corrected chi connectivity index (χ3v) is 5.16. The Balaban J connectivity index is 1.57. The average molecular weight is 413 g/mol. The highest BCUT2D eigenvalue weighted by Gasteiger charge is 2.36. The number of hydrogen-bond donors (Lipinski definition) is 1. The van der Waals surface area contributed by atoms with Crippen LogP contribution < -0.4 is 15.3 Å². The lowest BCUT2D eigenvalue weighted by atomic mass is 10.1. The summed E-state index contributed by atoms with van der Waals surface area (Å²) in [5.41, 5.74) is 2.33. The van der Waals surface area contributed by atoms with Crippen molar-refractivity contribution >= 4 is 35.1 Å². The number of nitrogens with zero attached hydrogens (tertiary/aromatic N) is 1. The zero-order valence-corrected chi connectivity index (χ0v) is 16.5. The van der Waals surface area contributed by atoms with Gasteiger partial charge in [0.1, 0.15) is 0 Å². The van der Waals surface area contributed by atoms with Crippen molar-refractivity contribution in [3.8, 4) is 0 Å². The van der Waals surface area contributed by atoms with Crippen LogP contribution in [0.15, 0.2) is 66.7 Å². The van der Waals surface area contributed by atoms with E-state index < -0.39 is 17.8 Å². The number of carbonyl (C=O) groups excluding carboxylic acids is 4. The maximum Gasteiger partial charge on any atom is 0.266 e. The average Bonchev–Trinajstić information content (AvgIpc) is 3.03. The van der Waals surface area contributed by atoms with E-state index in [9.17, 15) is 24.3 Å². The molecule has 0 radical (unpaired) electrons. The highest BCUT2D eigenvalue weighted by molar-refractivity contribution is 6.34. The van der Waals surface area contributed by atoms with Crippen molar-refractivity contribution in [1.29, 1.82) is 0 Å². The molecule has 0 saturated carbocycles. The van der Waals surface area contributed by atoms with Gasteiger partial charge in [-0.05, 0) is 60.0 Å². The topological polar surface area (TPSA) is 107 Å². The Morgan fingerprint density at radius 1 is 0.871 bits per heavy atom. The number of benzene rings is 3. The van der Waals surface area contributed by atoms with Crippen molar-refractivity contribution < 1.29 is 24.3 Å². The van der Waals surface area contributed by atoms with Crippen LogP contribution in [0.2, 0.25) is 0 Å². The number of amides is 3. The molecule has 0 bridgehead atoms. The second-order valence-corrected chi connectivity index (χ2v) is 7.01. The Bertz CT molecular complexity index is 1230. The molecule has 1 heterocycles. The van der Waals surface area contributed by atoms with Gasteiger partial charge in [-0.25, -0.2) is 4.90 Å². The number of para-hydroxylation sites is 1. The van der Waals surface area contributed by atoms with Crippen molar-refractivity contribution in [2.45, 2.75) is 13.3 Å². The highest BCUT2D eigenvalue weighted by Crippen LogP contribution is 2.29. The fourth-order valence-electron chi connectivity index (χ4n) is 3.51. The highest BCUT2D eigenvalue weighted by atomic mass is 16.4. The van der Waals surface area contributed by atoms with Crippen LogP contribution in [0.25, 0.3) is 0 Å². The maximum atomic E-state index is 12.7. The van der Waals surface area contributed by atoms with Crippen molar-refractivity contribution in [3.63, 3.8) is 0 Å². The van der Waals surface area contributed by atoms with Crippen molar-refractivity contribution in [1.82, 2.24) is 0 Å². The second-order valence-electron chi connectivity index (χ2n) is 7.01. The van der Waals surface area contributed by atoms with Crippen LogP contribution in [0.3, 0.4) is 0 Å². The summed E-state index contributed by atoms with van der Waals surface area (Å²) in [5, 5.41) is 13.9.